The molecule has 0 aliphatic rings. The highest BCUT2D eigenvalue weighted by Crippen LogP contribution is 1.95. The van der Waals surface area contributed by atoms with Crippen LogP contribution in [0.15, 0.2) is 23.0 Å². The maximum atomic E-state index is 11.5. The van der Waals surface area contributed by atoms with Gasteiger partial charge in [0, 0.05) is 12.1 Å². The highest BCUT2D eigenvalue weighted by atomic mass is 16.4. The molecule has 0 saturated heterocycles. The Hall–Kier alpha value is -2.11. The topological polar surface area (TPSA) is 99.3 Å². The number of H-pyrrole nitrogens is 1. The monoisotopic (exact) mass is 224 g/mol. The Morgan fingerprint density at radius 3 is 2.75 bits per heavy atom. The summed E-state index contributed by atoms with van der Waals surface area (Å²) < 4.78 is 0. The lowest BCUT2D eigenvalue weighted by Crippen LogP contribution is -2.35. The highest BCUT2D eigenvalue weighted by Gasteiger charge is 2.12. The number of carboxylic acids is 1. The van der Waals surface area contributed by atoms with E-state index in [1.54, 1.807) is 6.92 Å². The van der Waals surface area contributed by atoms with Crippen molar-refractivity contribution in [2.45, 2.75) is 19.4 Å². The third-order valence-electron chi connectivity index (χ3n) is 1.87. The van der Waals surface area contributed by atoms with Gasteiger partial charge in [0.25, 0.3) is 5.91 Å². The van der Waals surface area contributed by atoms with Crippen molar-refractivity contribution in [2.24, 2.45) is 0 Å². The number of pyridine rings is 1. The van der Waals surface area contributed by atoms with Gasteiger partial charge < -0.3 is 15.4 Å². The third-order valence-corrected chi connectivity index (χ3v) is 1.87. The van der Waals surface area contributed by atoms with E-state index >= 15 is 0 Å². The lowest BCUT2D eigenvalue weighted by atomic mass is 10.2. The Bertz CT molecular complexity index is 452. The maximum Gasteiger partial charge on any atom is 0.305 e. The SMILES string of the molecule is CC(CC(=O)O)NC(=O)c1cccc(=O)[nH]1. The Morgan fingerprint density at radius 1 is 1.50 bits per heavy atom. The van der Waals surface area contributed by atoms with Crippen LogP contribution in [0.4, 0.5) is 0 Å². The van der Waals surface area contributed by atoms with Crippen molar-refractivity contribution in [1.29, 1.82) is 0 Å². The number of aromatic amines is 1. The summed E-state index contributed by atoms with van der Waals surface area (Å²) >= 11 is 0. The van der Waals surface area contributed by atoms with Crippen LogP contribution >= 0.6 is 0 Å². The summed E-state index contributed by atoms with van der Waals surface area (Å²) in [5, 5.41) is 11.0. The van der Waals surface area contributed by atoms with Crippen LogP contribution in [0.1, 0.15) is 23.8 Å². The van der Waals surface area contributed by atoms with E-state index in [0.717, 1.165) is 0 Å². The second-order valence-electron chi connectivity index (χ2n) is 3.40. The molecule has 16 heavy (non-hydrogen) atoms. The van der Waals surface area contributed by atoms with E-state index < -0.39 is 17.9 Å². The van der Waals surface area contributed by atoms with E-state index in [1.807, 2.05) is 0 Å². The van der Waals surface area contributed by atoms with Crippen molar-refractivity contribution in [3.05, 3.63) is 34.2 Å². The third kappa shape index (κ3) is 3.56. The molecule has 0 spiro atoms. The lowest BCUT2D eigenvalue weighted by molar-refractivity contribution is -0.137. The van der Waals surface area contributed by atoms with Gasteiger partial charge in [-0.1, -0.05) is 6.07 Å². The summed E-state index contributed by atoms with van der Waals surface area (Å²) in [6, 6.07) is 3.70. The largest absolute Gasteiger partial charge is 0.481 e. The fourth-order valence-electron chi connectivity index (χ4n) is 1.19. The maximum absolute atomic E-state index is 11.5. The highest BCUT2D eigenvalue weighted by molar-refractivity contribution is 5.92. The minimum absolute atomic E-state index is 0.115. The fourth-order valence-corrected chi connectivity index (χ4v) is 1.19. The summed E-state index contributed by atoms with van der Waals surface area (Å²) in [7, 11) is 0. The number of hydrogen-bond donors (Lipinski definition) is 3. The number of aromatic nitrogens is 1. The van der Waals surface area contributed by atoms with E-state index in [4.69, 9.17) is 5.11 Å². The van der Waals surface area contributed by atoms with Crippen molar-refractivity contribution in [1.82, 2.24) is 10.3 Å². The van der Waals surface area contributed by atoms with Gasteiger partial charge in [0.15, 0.2) is 0 Å². The number of nitrogens with one attached hydrogen (secondary N) is 2. The van der Waals surface area contributed by atoms with E-state index in [0.29, 0.717) is 0 Å². The molecule has 86 valence electrons. The van der Waals surface area contributed by atoms with Gasteiger partial charge in [0.1, 0.15) is 5.69 Å². The molecule has 0 fully saturated rings. The molecule has 3 N–H and O–H groups in total. The Kier molecular flexibility index (Phi) is 3.82. The molecule has 6 nitrogen and oxygen atoms in total. The molecule has 1 atom stereocenters. The first-order valence-corrected chi connectivity index (χ1v) is 4.71. The van der Waals surface area contributed by atoms with Gasteiger partial charge >= 0.3 is 5.97 Å². The van der Waals surface area contributed by atoms with E-state index in [1.165, 1.54) is 18.2 Å². The van der Waals surface area contributed by atoms with Crippen LogP contribution in [0.5, 0.6) is 0 Å². The van der Waals surface area contributed by atoms with Crippen LogP contribution in [-0.4, -0.2) is 28.0 Å². The molecule has 1 heterocycles. The number of carbonyl (C=O) groups is 2. The van der Waals surface area contributed by atoms with Crippen molar-refractivity contribution < 1.29 is 14.7 Å². The number of amides is 1. The molecule has 0 aliphatic heterocycles. The summed E-state index contributed by atoms with van der Waals surface area (Å²) in [5.74, 6) is -1.49. The predicted molar refractivity (Wildman–Crippen MR) is 56.2 cm³/mol. The zero-order chi connectivity index (χ0) is 12.1. The van der Waals surface area contributed by atoms with E-state index in [9.17, 15) is 14.4 Å². The Labute approximate surface area is 91.3 Å². The Balaban J connectivity index is 2.65. The van der Waals surface area contributed by atoms with Gasteiger partial charge in [-0.15, -0.1) is 0 Å². The number of carbonyl (C=O) groups excluding carboxylic acids is 1. The average Bonchev–Trinajstić information content (AvgIpc) is 2.16. The first kappa shape index (κ1) is 12.0. The molecule has 1 aromatic rings. The van der Waals surface area contributed by atoms with Crippen LogP contribution in [-0.2, 0) is 4.79 Å². The summed E-state index contributed by atoms with van der Waals surface area (Å²) in [4.78, 5) is 35.2. The minimum atomic E-state index is -0.991. The first-order valence-electron chi connectivity index (χ1n) is 4.71. The number of carboxylic acid groups (broad SMARTS) is 1. The molecule has 1 rings (SSSR count). The zero-order valence-corrected chi connectivity index (χ0v) is 8.69. The quantitative estimate of drug-likeness (QED) is 0.668. The van der Waals surface area contributed by atoms with Gasteiger partial charge in [0.2, 0.25) is 5.56 Å². The average molecular weight is 224 g/mol. The van der Waals surface area contributed by atoms with Gasteiger partial charge in [-0.05, 0) is 13.0 Å². The molecule has 1 unspecified atom stereocenters. The molecule has 0 saturated carbocycles. The molecule has 1 amide bonds. The molecule has 0 aromatic carbocycles. The molecule has 6 heteroatoms. The van der Waals surface area contributed by atoms with Gasteiger partial charge in [-0.25, -0.2) is 0 Å². The minimum Gasteiger partial charge on any atom is -0.481 e. The molecular formula is C10H12N2O4. The van der Waals surface area contributed by atoms with Crippen molar-refractivity contribution in [2.75, 3.05) is 0 Å². The summed E-state index contributed by atoms with van der Waals surface area (Å²) in [6.07, 6.45) is -0.164. The van der Waals surface area contributed by atoms with Crippen LogP contribution in [0, 0.1) is 0 Å². The molecule has 0 radical (unpaired) electrons. The smallest absolute Gasteiger partial charge is 0.305 e. The summed E-state index contributed by atoms with van der Waals surface area (Å²) in [6.45, 7) is 1.58. The van der Waals surface area contributed by atoms with Crippen molar-refractivity contribution >= 4 is 11.9 Å². The molecule has 0 aliphatic carbocycles. The summed E-state index contributed by atoms with van der Waals surface area (Å²) in [5.41, 5.74) is -0.261. The van der Waals surface area contributed by atoms with Crippen molar-refractivity contribution in [3.8, 4) is 0 Å². The van der Waals surface area contributed by atoms with E-state index in [-0.39, 0.29) is 17.7 Å². The van der Waals surface area contributed by atoms with Gasteiger partial charge in [-0.3, -0.25) is 14.4 Å². The van der Waals surface area contributed by atoms with Crippen LogP contribution in [0.25, 0.3) is 0 Å². The van der Waals surface area contributed by atoms with Crippen molar-refractivity contribution in [3.63, 3.8) is 0 Å². The van der Waals surface area contributed by atoms with Gasteiger partial charge in [-0.2, -0.15) is 0 Å². The van der Waals surface area contributed by atoms with Crippen LogP contribution < -0.4 is 10.9 Å². The first-order chi connectivity index (χ1) is 7.49. The molecular weight excluding hydrogens is 212 g/mol. The molecule has 1 aromatic heterocycles. The number of hydrogen-bond acceptors (Lipinski definition) is 3. The second-order valence-corrected chi connectivity index (χ2v) is 3.40. The fraction of sp³-hybridized carbons (Fsp3) is 0.300. The number of aliphatic carboxylic acids is 1. The Morgan fingerprint density at radius 2 is 2.19 bits per heavy atom. The predicted octanol–water partition coefficient (Wildman–Crippen LogP) is -0.0321. The molecule has 0 bridgehead atoms. The van der Waals surface area contributed by atoms with Gasteiger partial charge in [0.05, 0.1) is 6.42 Å². The van der Waals surface area contributed by atoms with E-state index in [2.05, 4.69) is 10.3 Å². The number of rotatable bonds is 4. The standard InChI is InChI=1S/C10H12N2O4/c1-6(5-9(14)15)11-10(16)7-3-2-4-8(13)12-7/h2-4,6H,5H2,1H3,(H,11,16)(H,12,13)(H,14,15). The zero-order valence-electron chi connectivity index (χ0n) is 8.69. The lowest BCUT2D eigenvalue weighted by Gasteiger charge is -2.10. The normalized spacial score (nSPS) is 11.8. The van der Waals surface area contributed by atoms with Crippen LogP contribution in [0.3, 0.4) is 0 Å². The van der Waals surface area contributed by atoms with Crippen LogP contribution in [0.2, 0.25) is 0 Å². The second kappa shape index (κ2) is 5.11.